The zero-order valence-corrected chi connectivity index (χ0v) is 12.2. The third kappa shape index (κ3) is 2.19. The molecule has 2 aromatic heterocycles. The Labute approximate surface area is 111 Å². The lowest BCUT2D eigenvalue weighted by molar-refractivity contribution is -0.516. The van der Waals surface area contributed by atoms with Crippen LogP contribution in [0.2, 0.25) is 0 Å². The van der Waals surface area contributed by atoms with Gasteiger partial charge in [-0.1, -0.05) is 18.3 Å². The molecule has 2 heterocycles. The number of fused-ring (bicyclic) bond motifs is 1. The van der Waals surface area contributed by atoms with E-state index in [4.69, 9.17) is 0 Å². The molecule has 0 aliphatic heterocycles. The Morgan fingerprint density at radius 3 is 2.93 bits per heavy atom. The zero-order valence-electron chi connectivity index (χ0n) is 9.25. The highest BCUT2D eigenvalue weighted by Crippen LogP contribution is 2.12. The molecule has 2 aromatic rings. The molecule has 0 bridgehead atoms. The lowest BCUT2D eigenvalue weighted by Gasteiger charge is -1.96. The summed E-state index contributed by atoms with van der Waals surface area (Å²) in [7, 11) is 2.12. The molecule has 0 aliphatic rings. The maximum atomic E-state index is 3.37. The lowest BCUT2D eigenvalue weighted by atomic mass is 10.3. The molecule has 0 unspecified atom stereocenters. The molecule has 2 rings (SSSR count). The van der Waals surface area contributed by atoms with Crippen LogP contribution in [0.5, 0.6) is 0 Å². The van der Waals surface area contributed by atoms with Gasteiger partial charge in [0.25, 0.3) is 0 Å². The first-order valence-corrected chi connectivity index (χ1v) is 5.77. The average molecular weight is 337 g/mol. The quantitative estimate of drug-likeness (QED) is 0.521. The van der Waals surface area contributed by atoms with E-state index in [-0.39, 0.29) is 24.0 Å². The van der Waals surface area contributed by atoms with E-state index in [1.807, 2.05) is 0 Å². The van der Waals surface area contributed by atoms with E-state index < -0.39 is 0 Å². The summed E-state index contributed by atoms with van der Waals surface area (Å²) in [5.41, 5.74) is 2.71. The van der Waals surface area contributed by atoms with E-state index in [2.05, 4.69) is 46.8 Å². The number of hydrogen-bond acceptors (Lipinski definition) is 2. The number of nitrogens with one attached hydrogen (secondary N) is 1. The van der Waals surface area contributed by atoms with Crippen molar-refractivity contribution in [1.29, 1.82) is 0 Å². The molecular formula is C10H16IN3S. The average Bonchev–Trinajstić information content (AvgIpc) is 2.72. The van der Waals surface area contributed by atoms with Gasteiger partial charge in [-0.15, -0.1) is 0 Å². The van der Waals surface area contributed by atoms with Crippen LogP contribution in [0.15, 0.2) is 11.6 Å². The van der Waals surface area contributed by atoms with Crippen LogP contribution in [0.25, 0.3) is 4.96 Å². The standard InChI is InChI=1S/C10H16N3S.HI/c1-4-11-7-9-8(2)12(3)10-13(9)5-6-14-10;/h5-6,11H,4,7H2,1-3H3;1H/q+1;/p-1. The summed E-state index contributed by atoms with van der Waals surface area (Å²) in [6, 6.07) is 0. The van der Waals surface area contributed by atoms with E-state index in [9.17, 15) is 0 Å². The molecule has 0 saturated heterocycles. The molecular weight excluding hydrogens is 321 g/mol. The van der Waals surface area contributed by atoms with E-state index in [1.165, 1.54) is 16.3 Å². The van der Waals surface area contributed by atoms with Crippen LogP contribution in [0.4, 0.5) is 0 Å². The second-order valence-electron chi connectivity index (χ2n) is 3.43. The maximum Gasteiger partial charge on any atom is 0.345 e. The molecule has 84 valence electrons. The number of aryl methyl sites for hydroxylation is 1. The van der Waals surface area contributed by atoms with Gasteiger partial charge in [-0.3, -0.25) is 0 Å². The Kier molecular flexibility index (Phi) is 4.54. The third-order valence-electron chi connectivity index (χ3n) is 2.63. The second-order valence-corrected chi connectivity index (χ2v) is 4.30. The van der Waals surface area contributed by atoms with E-state index in [1.54, 1.807) is 11.3 Å². The van der Waals surface area contributed by atoms with Crippen molar-refractivity contribution in [2.45, 2.75) is 20.4 Å². The predicted octanol–water partition coefficient (Wildman–Crippen LogP) is -1.75. The highest BCUT2D eigenvalue weighted by Gasteiger charge is 2.20. The first kappa shape index (κ1) is 12.9. The van der Waals surface area contributed by atoms with Crippen LogP contribution in [0.1, 0.15) is 18.3 Å². The number of thiazole rings is 1. The minimum Gasteiger partial charge on any atom is -1.00 e. The first-order chi connectivity index (χ1) is 6.75. The summed E-state index contributed by atoms with van der Waals surface area (Å²) in [6.07, 6.45) is 2.14. The van der Waals surface area contributed by atoms with E-state index in [0.717, 1.165) is 13.1 Å². The number of hydrogen-bond donors (Lipinski definition) is 1. The fourth-order valence-electron chi connectivity index (χ4n) is 1.69. The van der Waals surface area contributed by atoms with Gasteiger partial charge in [-0.05, 0) is 6.54 Å². The highest BCUT2D eigenvalue weighted by molar-refractivity contribution is 7.14. The Morgan fingerprint density at radius 1 is 1.53 bits per heavy atom. The van der Waals surface area contributed by atoms with Crippen LogP contribution in [0.3, 0.4) is 0 Å². The number of imidazole rings is 1. The van der Waals surface area contributed by atoms with E-state index in [0.29, 0.717) is 0 Å². The molecule has 0 spiro atoms. The van der Waals surface area contributed by atoms with Crippen LogP contribution in [-0.2, 0) is 13.6 Å². The predicted molar refractivity (Wildman–Crippen MR) is 58.6 cm³/mol. The van der Waals surface area contributed by atoms with Crippen molar-refractivity contribution in [2.75, 3.05) is 6.54 Å². The van der Waals surface area contributed by atoms with Crippen molar-refractivity contribution in [3.8, 4) is 0 Å². The molecule has 0 aromatic carbocycles. The van der Waals surface area contributed by atoms with Gasteiger partial charge in [0.2, 0.25) is 0 Å². The molecule has 3 nitrogen and oxygen atoms in total. The van der Waals surface area contributed by atoms with Gasteiger partial charge >= 0.3 is 4.96 Å². The summed E-state index contributed by atoms with van der Waals surface area (Å²) in [5.74, 6) is 0. The van der Waals surface area contributed by atoms with Gasteiger partial charge in [0.15, 0.2) is 5.69 Å². The Balaban J connectivity index is 0.00000112. The molecule has 15 heavy (non-hydrogen) atoms. The fourth-order valence-corrected chi connectivity index (χ4v) is 2.57. The topological polar surface area (TPSA) is 21.1 Å². The number of halogens is 1. The van der Waals surface area contributed by atoms with Crippen molar-refractivity contribution in [1.82, 2.24) is 9.88 Å². The molecule has 1 N–H and O–H groups in total. The van der Waals surface area contributed by atoms with Gasteiger partial charge in [-0.25, -0.2) is 4.57 Å². The smallest absolute Gasteiger partial charge is 0.345 e. The molecule has 0 fully saturated rings. The molecule has 0 radical (unpaired) electrons. The van der Waals surface area contributed by atoms with Crippen molar-refractivity contribution in [3.05, 3.63) is 23.0 Å². The normalized spacial score (nSPS) is 10.6. The van der Waals surface area contributed by atoms with Gasteiger partial charge in [0, 0.05) is 12.3 Å². The Hall–Kier alpha value is -0.140. The highest BCUT2D eigenvalue weighted by atomic mass is 127. The van der Waals surface area contributed by atoms with Gasteiger partial charge < -0.3 is 29.3 Å². The second kappa shape index (κ2) is 5.27. The lowest BCUT2D eigenvalue weighted by Crippen LogP contribution is -3.00. The summed E-state index contributed by atoms with van der Waals surface area (Å²) in [6.45, 7) is 6.27. The molecule has 0 atom stereocenters. The third-order valence-corrected chi connectivity index (χ3v) is 3.57. The Bertz CT molecular complexity index is 447. The first-order valence-electron chi connectivity index (χ1n) is 4.89. The van der Waals surface area contributed by atoms with Crippen molar-refractivity contribution in [2.24, 2.45) is 7.05 Å². The summed E-state index contributed by atoms with van der Waals surface area (Å²) >= 11 is 1.78. The van der Waals surface area contributed by atoms with E-state index >= 15 is 0 Å². The SMILES string of the molecule is CCNCc1c(C)n(C)c2scc[n+]12.[I-]. The zero-order chi connectivity index (χ0) is 10.1. The summed E-state index contributed by atoms with van der Waals surface area (Å²) in [5, 5.41) is 5.50. The number of aromatic nitrogens is 2. The van der Waals surface area contributed by atoms with Crippen molar-refractivity contribution in [3.63, 3.8) is 0 Å². The van der Waals surface area contributed by atoms with Gasteiger partial charge in [0.05, 0.1) is 13.6 Å². The number of nitrogens with zero attached hydrogens (tertiary/aromatic N) is 2. The fraction of sp³-hybridized carbons (Fsp3) is 0.500. The molecule has 0 aliphatic carbocycles. The van der Waals surface area contributed by atoms with Gasteiger partial charge in [0.1, 0.15) is 11.9 Å². The van der Waals surface area contributed by atoms with Crippen molar-refractivity contribution < 1.29 is 28.4 Å². The van der Waals surface area contributed by atoms with Crippen LogP contribution in [-0.4, -0.2) is 11.1 Å². The molecule has 0 amide bonds. The van der Waals surface area contributed by atoms with Gasteiger partial charge in [-0.2, -0.15) is 4.40 Å². The van der Waals surface area contributed by atoms with Crippen molar-refractivity contribution >= 4 is 16.3 Å². The Morgan fingerprint density at radius 2 is 2.27 bits per heavy atom. The minimum absolute atomic E-state index is 0. The largest absolute Gasteiger partial charge is 1.00 e. The maximum absolute atomic E-state index is 3.37. The van der Waals surface area contributed by atoms with Crippen LogP contribution >= 0.6 is 11.3 Å². The monoisotopic (exact) mass is 337 g/mol. The van der Waals surface area contributed by atoms with Crippen LogP contribution in [0, 0.1) is 6.92 Å². The van der Waals surface area contributed by atoms with Crippen LogP contribution < -0.4 is 33.7 Å². The number of rotatable bonds is 3. The summed E-state index contributed by atoms with van der Waals surface area (Å²) in [4.78, 5) is 1.30. The summed E-state index contributed by atoms with van der Waals surface area (Å²) < 4.78 is 4.51. The molecule has 0 saturated carbocycles. The molecule has 5 heteroatoms. The minimum atomic E-state index is 0.